The average Bonchev–Trinajstić information content (AvgIpc) is 3.34. The molecule has 1 unspecified atom stereocenters. The molecule has 4 rings (SSSR count). The maximum Gasteiger partial charge on any atom is 0.338 e. The summed E-state index contributed by atoms with van der Waals surface area (Å²) >= 11 is 0. The van der Waals surface area contributed by atoms with Crippen molar-refractivity contribution in [2.75, 3.05) is 11.9 Å². The van der Waals surface area contributed by atoms with Crippen LogP contribution in [0.3, 0.4) is 0 Å². The van der Waals surface area contributed by atoms with E-state index in [2.05, 4.69) is 30.9 Å². The maximum absolute atomic E-state index is 12.3. The molecule has 1 aromatic heterocycles. The van der Waals surface area contributed by atoms with Gasteiger partial charge in [0.2, 0.25) is 11.7 Å². The Bertz CT molecular complexity index is 1040. The minimum atomic E-state index is -0.525. The Labute approximate surface area is 159 Å². The highest BCUT2D eigenvalue weighted by Crippen LogP contribution is 2.33. The van der Waals surface area contributed by atoms with Gasteiger partial charge in [0.15, 0.2) is 0 Å². The molecule has 1 aliphatic heterocycles. The van der Waals surface area contributed by atoms with Gasteiger partial charge in [0.25, 0.3) is 0 Å². The van der Waals surface area contributed by atoms with Gasteiger partial charge in [-0.3, -0.25) is 9.79 Å². The van der Waals surface area contributed by atoms with E-state index in [1.165, 1.54) is 0 Å². The van der Waals surface area contributed by atoms with E-state index in [0.717, 1.165) is 11.1 Å². The summed E-state index contributed by atoms with van der Waals surface area (Å²) in [7, 11) is 0. The third-order valence-corrected chi connectivity index (χ3v) is 4.28. The van der Waals surface area contributed by atoms with E-state index in [0.29, 0.717) is 29.4 Å². The van der Waals surface area contributed by atoms with Gasteiger partial charge in [-0.25, -0.2) is 4.79 Å². The first-order valence-electron chi connectivity index (χ1n) is 8.65. The highest BCUT2D eigenvalue weighted by Gasteiger charge is 2.29. The fourth-order valence-electron chi connectivity index (χ4n) is 2.92. The van der Waals surface area contributed by atoms with Crippen LogP contribution in [-0.4, -0.2) is 45.3 Å². The molecule has 9 nitrogen and oxygen atoms in total. The maximum atomic E-state index is 12.3. The largest absolute Gasteiger partial charge is 0.462 e. The number of tetrazole rings is 1. The summed E-state index contributed by atoms with van der Waals surface area (Å²) in [6.07, 6.45) is 1.59. The molecule has 0 spiro atoms. The average molecular weight is 376 g/mol. The number of H-pyrrole nitrogens is 1. The Morgan fingerprint density at radius 3 is 2.79 bits per heavy atom. The molecule has 0 aliphatic carbocycles. The number of nitrogens with zero attached hydrogens (tertiary/aromatic N) is 4. The van der Waals surface area contributed by atoms with Crippen molar-refractivity contribution in [1.82, 2.24) is 20.6 Å². The number of anilines is 1. The van der Waals surface area contributed by atoms with E-state index in [1.54, 1.807) is 43.5 Å². The molecule has 2 N–H and O–H groups in total. The lowest BCUT2D eigenvalue weighted by Crippen LogP contribution is -2.12. The molecule has 140 valence electrons. The Balaban J connectivity index is 1.53. The molecule has 28 heavy (non-hydrogen) atoms. The smallest absolute Gasteiger partial charge is 0.338 e. The fraction of sp³-hybridized carbons (Fsp3) is 0.158. The number of esters is 1. The van der Waals surface area contributed by atoms with Gasteiger partial charge in [-0.05, 0) is 54.1 Å². The summed E-state index contributed by atoms with van der Waals surface area (Å²) < 4.78 is 4.99. The minimum Gasteiger partial charge on any atom is -0.462 e. The lowest BCUT2D eigenvalue weighted by atomic mass is 10.0. The molecule has 1 amide bonds. The van der Waals surface area contributed by atoms with Crippen molar-refractivity contribution in [3.8, 4) is 11.4 Å². The first kappa shape index (κ1) is 17.5. The third kappa shape index (κ3) is 3.37. The van der Waals surface area contributed by atoms with Crippen molar-refractivity contribution in [3.05, 3.63) is 53.6 Å². The normalized spacial score (nSPS) is 15.5. The van der Waals surface area contributed by atoms with Crippen molar-refractivity contribution in [3.63, 3.8) is 0 Å². The van der Waals surface area contributed by atoms with Gasteiger partial charge in [-0.1, -0.05) is 6.07 Å². The molecule has 3 aromatic rings. The first-order chi connectivity index (χ1) is 13.7. The van der Waals surface area contributed by atoms with Crippen molar-refractivity contribution in [2.24, 2.45) is 4.99 Å². The fourth-order valence-corrected chi connectivity index (χ4v) is 2.92. The summed E-state index contributed by atoms with van der Waals surface area (Å²) in [4.78, 5) is 28.6. The summed E-state index contributed by atoms with van der Waals surface area (Å²) in [6, 6.07) is 12.3. The number of hydrogen-bond acceptors (Lipinski definition) is 7. The van der Waals surface area contributed by atoms with Crippen LogP contribution in [0.2, 0.25) is 0 Å². The monoisotopic (exact) mass is 376 g/mol. The summed E-state index contributed by atoms with van der Waals surface area (Å²) in [5, 5.41) is 16.6. The molecule has 0 fully saturated rings. The zero-order valence-corrected chi connectivity index (χ0v) is 14.9. The van der Waals surface area contributed by atoms with Crippen LogP contribution >= 0.6 is 0 Å². The van der Waals surface area contributed by atoms with E-state index < -0.39 is 11.9 Å². The summed E-state index contributed by atoms with van der Waals surface area (Å²) in [6.45, 7) is 2.04. The van der Waals surface area contributed by atoms with Crippen molar-refractivity contribution < 1.29 is 14.3 Å². The number of carbonyl (C=O) groups excluding carboxylic acids is 2. The number of aromatic nitrogens is 4. The minimum absolute atomic E-state index is 0.192. The van der Waals surface area contributed by atoms with Gasteiger partial charge in [0, 0.05) is 17.5 Å². The molecule has 2 aromatic carbocycles. The Hall–Kier alpha value is -3.88. The molecule has 2 heterocycles. The molecular weight excluding hydrogens is 360 g/mol. The van der Waals surface area contributed by atoms with Gasteiger partial charge in [-0.2, -0.15) is 5.21 Å². The van der Waals surface area contributed by atoms with Crippen LogP contribution in [0.25, 0.3) is 11.4 Å². The SMILES string of the molecule is CCOC(=O)c1ccc2c(c1)NC(=O)C2C=Nc1ccc(-c2nn[nH]n2)cc1. The lowest BCUT2D eigenvalue weighted by Gasteiger charge is -2.05. The van der Waals surface area contributed by atoms with Crippen LogP contribution in [0.15, 0.2) is 47.5 Å². The van der Waals surface area contributed by atoms with Gasteiger partial charge < -0.3 is 10.1 Å². The number of amides is 1. The molecule has 0 saturated carbocycles. The number of fused-ring (bicyclic) bond motifs is 1. The van der Waals surface area contributed by atoms with Crippen LogP contribution in [0.1, 0.15) is 28.8 Å². The van der Waals surface area contributed by atoms with E-state index in [9.17, 15) is 9.59 Å². The van der Waals surface area contributed by atoms with E-state index in [4.69, 9.17) is 4.74 Å². The van der Waals surface area contributed by atoms with Crippen molar-refractivity contribution in [2.45, 2.75) is 12.8 Å². The number of carbonyl (C=O) groups is 2. The molecule has 0 saturated heterocycles. The van der Waals surface area contributed by atoms with Gasteiger partial charge in [0.05, 0.1) is 17.9 Å². The van der Waals surface area contributed by atoms with Crippen LogP contribution in [-0.2, 0) is 9.53 Å². The number of hydrogen-bond donors (Lipinski definition) is 2. The molecule has 0 bridgehead atoms. The predicted molar refractivity (Wildman–Crippen MR) is 102 cm³/mol. The second kappa shape index (κ2) is 7.39. The molecule has 9 heteroatoms. The van der Waals surface area contributed by atoms with Gasteiger partial charge in [0.1, 0.15) is 5.92 Å². The highest BCUT2D eigenvalue weighted by molar-refractivity contribution is 6.13. The predicted octanol–water partition coefficient (Wildman–Crippen LogP) is 2.48. The summed E-state index contributed by atoms with van der Waals surface area (Å²) in [5.41, 5.74) is 3.26. The Kier molecular flexibility index (Phi) is 4.63. The number of ether oxygens (including phenoxy) is 1. The number of aliphatic imine (C=N–C) groups is 1. The van der Waals surface area contributed by atoms with Crippen molar-refractivity contribution in [1.29, 1.82) is 0 Å². The zero-order chi connectivity index (χ0) is 19.5. The quantitative estimate of drug-likeness (QED) is 0.521. The number of benzene rings is 2. The number of nitrogens with one attached hydrogen (secondary N) is 2. The Morgan fingerprint density at radius 2 is 2.07 bits per heavy atom. The molecule has 1 aliphatic rings. The van der Waals surface area contributed by atoms with E-state index >= 15 is 0 Å². The van der Waals surface area contributed by atoms with Crippen LogP contribution in [0.5, 0.6) is 0 Å². The standard InChI is InChI=1S/C19H16N6O3/c1-2-28-19(27)12-5-8-14-15(18(26)21-16(14)9-12)10-20-13-6-3-11(4-7-13)17-22-24-25-23-17/h3-10,15H,2H2,1H3,(H,21,26)(H,22,23,24,25). The van der Waals surface area contributed by atoms with Crippen molar-refractivity contribution >= 4 is 29.5 Å². The van der Waals surface area contributed by atoms with Crippen LogP contribution in [0.4, 0.5) is 11.4 Å². The first-order valence-corrected chi connectivity index (χ1v) is 8.65. The molecular formula is C19H16N6O3. The second-order valence-corrected chi connectivity index (χ2v) is 6.05. The molecule has 0 radical (unpaired) electrons. The number of rotatable bonds is 5. The third-order valence-electron chi connectivity index (χ3n) is 4.28. The van der Waals surface area contributed by atoms with E-state index in [-0.39, 0.29) is 5.91 Å². The lowest BCUT2D eigenvalue weighted by molar-refractivity contribution is -0.115. The van der Waals surface area contributed by atoms with E-state index in [1.807, 2.05) is 12.1 Å². The topological polar surface area (TPSA) is 122 Å². The summed E-state index contributed by atoms with van der Waals surface area (Å²) in [5.74, 6) is -0.637. The zero-order valence-electron chi connectivity index (χ0n) is 14.9. The van der Waals surface area contributed by atoms with Gasteiger partial charge >= 0.3 is 5.97 Å². The van der Waals surface area contributed by atoms with Crippen LogP contribution < -0.4 is 5.32 Å². The molecule has 1 atom stereocenters. The Morgan fingerprint density at radius 1 is 1.25 bits per heavy atom. The van der Waals surface area contributed by atoms with Crippen LogP contribution in [0, 0.1) is 0 Å². The number of aromatic amines is 1. The second-order valence-electron chi connectivity index (χ2n) is 6.05. The highest BCUT2D eigenvalue weighted by atomic mass is 16.5. The van der Waals surface area contributed by atoms with Gasteiger partial charge in [-0.15, -0.1) is 10.2 Å².